The normalized spacial score (nSPS) is 16.4. The SMILES string of the molecule is CCC(CC(N)=NO)N(CC)C(C)COC. The Kier molecular flexibility index (Phi) is 7.93. The number of ether oxygens (including phenoxy) is 1. The van der Waals surface area contributed by atoms with Crippen LogP contribution in [0.25, 0.3) is 0 Å². The smallest absolute Gasteiger partial charge is 0.140 e. The van der Waals surface area contributed by atoms with Crippen molar-refractivity contribution in [2.75, 3.05) is 20.3 Å². The largest absolute Gasteiger partial charge is 0.409 e. The van der Waals surface area contributed by atoms with E-state index < -0.39 is 0 Å². The summed E-state index contributed by atoms with van der Waals surface area (Å²) in [6, 6.07) is 0.637. The van der Waals surface area contributed by atoms with Gasteiger partial charge in [-0.15, -0.1) is 0 Å². The van der Waals surface area contributed by atoms with E-state index in [9.17, 15) is 0 Å². The fourth-order valence-corrected chi connectivity index (χ4v) is 2.05. The summed E-state index contributed by atoms with van der Waals surface area (Å²) >= 11 is 0. The molecule has 0 aliphatic rings. The molecule has 0 aromatic rings. The van der Waals surface area contributed by atoms with Gasteiger partial charge in [0.2, 0.25) is 0 Å². The van der Waals surface area contributed by atoms with Gasteiger partial charge in [-0.2, -0.15) is 0 Å². The van der Waals surface area contributed by atoms with Crippen LogP contribution in [-0.2, 0) is 4.74 Å². The van der Waals surface area contributed by atoms with Gasteiger partial charge >= 0.3 is 0 Å². The van der Waals surface area contributed by atoms with Crippen LogP contribution in [0.3, 0.4) is 0 Å². The lowest BCUT2D eigenvalue weighted by atomic mass is 10.1. The number of hydrogen-bond acceptors (Lipinski definition) is 4. The fourth-order valence-electron chi connectivity index (χ4n) is 2.05. The van der Waals surface area contributed by atoms with Crippen LogP contribution in [0.2, 0.25) is 0 Å². The molecular weight excluding hydrogens is 206 g/mol. The number of hydrogen-bond donors (Lipinski definition) is 2. The molecule has 0 amide bonds. The molecular formula is C11H25N3O2. The summed E-state index contributed by atoms with van der Waals surface area (Å²) in [5.74, 6) is 0.287. The maximum atomic E-state index is 8.60. The highest BCUT2D eigenvalue weighted by Gasteiger charge is 2.21. The highest BCUT2D eigenvalue weighted by Crippen LogP contribution is 2.13. The molecule has 0 aliphatic carbocycles. The third-order valence-electron chi connectivity index (χ3n) is 2.85. The first-order valence-corrected chi connectivity index (χ1v) is 5.81. The van der Waals surface area contributed by atoms with Crippen molar-refractivity contribution in [2.24, 2.45) is 10.9 Å². The highest BCUT2D eigenvalue weighted by atomic mass is 16.5. The van der Waals surface area contributed by atoms with E-state index in [2.05, 4.69) is 30.8 Å². The van der Waals surface area contributed by atoms with Crippen molar-refractivity contribution in [3.8, 4) is 0 Å². The number of amidine groups is 1. The molecule has 0 bridgehead atoms. The second kappa shape index (κ2) is 8.35. The molecule has 0 radical (unpaired) electrons. The molecule has 0 saturated carbocycles. The molecule has 16 heavy (non-hydrogen) atoms. The summed E-state index contributed by atoms with van der Waals surface area (Å²) in [5.41, 5.74) is 5.56. The molecule has 2 unspecified atom stereocenters. The van der Waals surface area contributed by atoms with E-state index in [0.717, 1.165) is 13.0 Å². The minimum Gasteiger partial charge on any atom is -0.409 e. The molecule has 96 valence electrons. The molecule has 0 rings (SSSR count). The van der Waals surface area contributed by atoms with Crippen molar-refractivity contribution < 1.29 is 9.94 Å². The van der Waals surface area contributed by atoms with Crippen LogP contribution < -0.4 is 5.73 Å². The molecule has 0 aromatic heterocycles. The zero-order valence-electron chi connectivity index (χ0n) is 10.8. The molecule has 0 heterocycles. The lowest BCUT2D eigenvalue weighted by Gasteiger charge is -2.34. The highest BCUT2D eigenvalue weighted by molar-refractivity contribution is 5.80. The monoisotopic (exact) mass is 231 g/mol. The average Bonchev–Trinajstić information content (AvgIpc) is 2.28. The number of oxime groups is 1. The first-order chi connectivity index (χ1) is 7.60. The Morgan fingerprint density at radius 2 is 2.12 bits per heavy atom. The van der Waals surface area contributed by atoms with Crippen LogP contribution in [-0.4, -0.2) is 48.3 Å². The Morgan fingerprint density at radius 1 is 1.50 bits per heavy atom. The summed E-state index contributed by atoms with van der Waals surface area (Å²) < 4.78 is 5.16. The molecule has 5 heteroatoms. The van der Waals surface area contributed by atoms with Crippen LogP contribution >= 0.6 is 0 Å². The molecule has 2 atom stereocenters. The zero-order valence-corrected chi connectivity index (χ0v) is 10.8. The van der Waals surface area contributed by atoms with Crippen LogP contribution in [0.1, 0.15) is 33.6 Å². The molecule has 5 nitrogen and oxygen atoms in total. The Morgan fingerprint density at radius 3 is 2.50 bits per heavy atom. The standard InChI is InChI=1S/C11H25N3O2/c1-5-10(7-11(12)13-15)14(6-2)9(3)8-16-4/h9-10,15H,5-8H2,1-4H3,(H2,12,13). The molecule has 0 aromatic carbocycles. The van der Waals surface area contributed by atoms with Gasteiger partial charge in [0, 0.05) is 25.6 Å². The van der Waals surface area contributed by atoms with E-state index in [1.807, 2.05) is 0 Å². The number of nitrogens with zero attached hydrogens (tertiary/aromatic N) is 2. The van der Waals surface area contributed by atoms with Crippen LogP contribution in [0.15, 0.2) is 5.16 Å². The predicted molar refractivity (Wildman–Crippen MR) is 65.8 cm³/mol. The third kappa shape index (κ3) is 4.81. The summed E-state index contributed by atoms with van der Waals surface area (Å²) in [6.07, 6.45) is 1.56. The maximum Gasteiger partial charge on any atom is 0.140 e. The second-order valence-corrected chi connectivity index (χ2v) is 3.99. The van der Waals surface area contributed by atoms with Crippen molar-refractivity contribution in [3.05, 3.63) is 0 Å². The van der Waals surface area contributed by atoms with E-state index in [1.54, 1.807) is 7.11 Å². The summed E-state index contributed by atoms with van der Waals surface area (Å²) in [4.78, 5) is 2.32. The van der Waals surface area contributed by atoms with Crippen LogP contribution in [0, 0.1) is 0 Å². The van der Waals surface area contributed by atoms with Crippen molar-refractivity contribution in [3.63, 3.8) is 0 Å². The Hall–Kier alpha value is -0.810. The van der Waals surface area contributed by atoms with Gasteiger partial charge in [0.05, 0.1) is 6.61 Å². The topological polar surface area (TPSA) is 71.1 Å². The Balaban J connectivity index is 4.48. The van der Waals surface area contributed by atoms with Gasteiger partial charge < -0.3 is 15.7 Å². The van der Waals surface area contributed by atoms with Gasteiger partial charge in [-0.05, 0) is 19.9 Å². The second-order valence-electron chi connectivity index (χ2n) is 3.99. The van der Waals surface area contributed by atoms with E-state index >= 15 is 0 Å². The van der Waals surface area contributed by atoms with Gasteiger partial charge in [0.15, 0.2) is 0 Å². The third-order valence-corrected chi connectivity index (χ3v) is 2.85. The van der Waals surface area contributed by atoms with E-state index in [1.165, 1.54) is 0 Å². The summed E-state index contributed by atoms with van der Waals surface area (Å²) in [6.45, 7) is 7.97. The number of rotatable bonds is 8. The van der Waals surface area contributed by atoms with Gasteiger partial charge in [0.1, 0.15) is 5.84 Å². The molecule has 0 fully saturated rings. The quantitative estimate of drug-likeness (QED) is 0.285. The van der Waals surface area contributed by atoms with E-state index in [-0.39, 0.29) is 5.84 Å². The minimum atomic E-state index is 0.287. The van der Waals surface area contributed by atoms with Crippen LogP contribution in [0.5, 0.6) is 0 Å². The molecule has 0 spiro atoms. The lowest BCUT2D eigenvalue weighted by molar-refractivity contribution is 0.0733. The zero-order chi connectivity index (χ0) is 12.6. The lowest BCUT2D eigenvalue weighted by Crippen LogP contribution is -2.45. The van der Waals surface area contributed by atoms with Crippen molar-refractivity contribution >= 4 is 5.84 Å². The number of likely N-dealkylation sites (N-methyl/N-ethyl adjacent to an activating group) is 1. The number of nitrogens with two attached hydrogens (primary N) is 1. The van der Waals surface area contributed by atoms with Gasteiger partial charge in [-0.3, -0.25) is 4.90 Å². The van der Waals surface area contributed by atoms with Gasteiger partial charge in [-0.25, -0.2) is 0 Å². The van der Waals surface area contributed by atoms with E-state index in [4.69, 9.17) is 15.7 Å². The van der Waals surface area contributed by atoms with Crippen molar-refractivity contribution in [1.82, 2.24) is 4.90 Å². The first-order valence-electron chi connectivity index (χ1n) is 5.81. The van der Waals surface area contributed by atoms with Crippen LogP contribution in [0.4, 0.5) is 0 Å². The Bertz CT molecular complexity index is 209. The summed E-state index contributed by atoms with van der Waals surface area (Å²) in [5, 5.41) is 11.6. The van der Waals surface area contributed by atoms with Crippen molar-refractivity contribution in [1.29, 1.82) is 0 Å². The minimum absolute atomic E-state index is 0.287. The molecule has 0 saturated heterocycles. The van der Waals surface area contributed by atoms with E-state index in [0.29, 0.717) is 25.1 Å². The number of methoxy groups -OCH3 is 1. The molecule has 0 aliphatic heterocycles. The average molecular weight is 231 g/mol. The molecule has 3 N–H and O–H groups in total. The van der Waals surface area contributed by atoms with Gasteiger partial charge in [-0.1, -0.05) is 19.0 Å². The van der Waals surface area contributed by atoms with Gasteiger partial charge in [0.25, 0.3) is 0 Å². The van der Waals surface area contributed by atoms with Crippen molar-refractivity contribution in [2.45, 2.75) is 45.7 Å². The summed E-state index contributed by atoms with van der Waals surface area (Å²) in [7, 11) is 1.70. The maximum absolute atomic E-state index is 8.60. The Labute approximate surface area is 98.2 Å². The fraction of sp³-hybridized carbons (Fsp3) is 0.909. The predicted octanol–water partition coefficient (Wildman–Crippen LogP) is 1.26. The first kappa shape index (κ1) is 15.2.